The van der Waals surface area contributed by atoms with Gasteiger partial charge in [0.05, 0.1) is 12.5 Å². The number of carbonyl (C=O) groups is 2. The Balaban J connectivity index is 1.68. The fourth-order valence-corrected chi connectivity index (χ4v) is 3.89. The molecule has 2 amide bonds. The number of benzene rings is 1. The normalized spacial score (nSPS) is 24.1. The summed E-state index contributed by atoms with van der Waals surface area (Å²) >= 11 is 0. The van der Waals surface area contributed by atoms with Crippen molar-refractivity contribution in [1.82, 2.24) is 10.2 Å². The van der Waals surface area contributed by atoms with Gasteiger partial charge in [-0.3, -0.25) is 4.79 Å². The molecule has 0 spiro atoms. The van der Waals surface area contributed by atoms with Crippen LogP contribution in [0.2, 0.25) is 0 Å². The molecule has 3 unspecified atom stereocenters. The molecule has 1 fully saturated rings. The highest BCUT2D eigenvalue weighted by Crippen LogP contribution is 2.35. The summed E-state index contributed by atoms with van der Waals surface area (Å²) < 4.78 is 11.6. The number of ether oxygens (including phenoxy) is 2. The van der Waals surface area contributed by atoms with Gasteiger partial charge in [0.25, 0.3) is 0 Å². The fourth-order valence-electron chi connectivity index (χ4n) is 3.89. The molecule has 7 nitrogen and oxygen atoms in total. The quantitative estimate of drug-likeness (QED) is 0.825. The van der Waals surface area contributed by atoms with Gasteiger partial charge in [0.15, 0.2) is 0 Å². The molecule has 3 atom stereocenters. The Morgan fingerprint density at radius 1 is 1.33 bits per heavy atom. The molecule has 2 aliphatic heterocycles. The maximum atomic E-state index is 12.6. The van der Waals surface area contributed by atoms with Crippen LogP contribution in [0.15, 0.2) is 12.1 Å². The fraction of sp³-hybridized carbons (Fsp3) is 0.600. The van der Waals surface area contributed by atoms with E-state index in [1.54, 1.807) is 4.90 Å². The molecule has 148 valence electrons. The van der Waals surface area contributed by atoms with Crippen molar-refractivity contribution in [2.75, 3.05) is 19.7 Å². The van der Waals surface area contributed by atoms with E-state index in [0.29, 0.717) is 26.1 Å². The first-order valence-electron chi connectivity index (χ1n) is 9.58. The molecule has 0 saturated carbocycles. The minimum atomic E-state index is -0.845. The Morgan fingerprint density at radius 3 is 2.81 bits per heavy atom. The zero-order chi connectivity index (χ0) is 19.6. The molecule has 1 aromatic rings. The average Bonchev–Trinajstić information content (AvgIpc) is 2.98. The molecule has 0 bridgehead atoms. The Bertz CT molecular complexity index is 721. The average molecular weight is 376 g/mol. The second kappa shape index (κ2) is 8.06. The number of aliphatic carboxylic acids is 1. The van der Waals surface area contributed by atoms with E-state index in [4.69, 9.17) is 9.47 Å². The van der Waals surface area contributed by atoms with Gasteiger partial charge in [-0.2, -0.15) is 0 Å². The summed E-state index contributed by atoms with van der Waals surface area (Å²) in [5, 5.41) is 12.2. The molecular weight excluding hydrogens is 348 g/mol. The Labute approximate surface area is 159 Å². The largest absolute Gasteiger partial charge is 0.494 e. The molecule has 7 heteroatoms. The Morgan fingerprint density at radius 2 is 2.11 bits per heavy atom. The van der Waals surface area contributed by atoms with Crippen LogP contribution in [-0.2, 0) is 17.8 Å². The molecule has 0 aliphatic carbocycles. The zero-order valence-electron chi connectivity index (χ0n) is 16.2. The number of hydrogen-bond acceptors (Lipinski definition) is 4. The lowest BCUT2D eigenvalue weighted by molar-refractivity contribution is -0.143. The maximum Gasteiger partial charge on any atom is 0.317 e. The summed E-state index contributed by atoms with van der Waals surface area (Å²) in [5.41, 5.74) is 1.98. The first-order chi connectivity index (χ1) is 12.9. The molecule has 2 aliphatic rings. The molecule has 1 saturated heterocycles. The number of nitrogens with zero attached hydrogens (tertiary/aromatic N) is 1. The smallest absolute Gasteiger partial charge is 0.317 e. The highest BCUT2D eigenvalue weighted by Gasteiger charge is 2.32. The van der Waals surface area contributed by atoms with E-state index in [-0.39, 0.29) is 24.6 Å². The third-order valence-electron chi connectivity index (χ3n) is 5.11. The van der Waals surface area contributed by atoms with E-state index in [9.17, 15) is 14.7 Å². The van der Waals surface area contributed by atoms with E-state index in [2.05, 4.69) is 5.32 Å². The third kappa shape index (κ3) is 4.46. The number of fused-ring (bicyclic) bond motifs is 1. The lowest BCUT2D eigenvalue weighted by Gasteiger charge is -2.34. The van der Waals surface area contributed by atoms with Crippen LogP contribution in [-0.4, -0.2) is 47.8 Å². The molecular formula is C20H28N2O5. The van der Waals surface area contributed by atoms with Crippen molar-refractivity contribution in [3.05, 3.63) is 23.3 Å². The number of carboxylic acid groups (broad SMARTS) is 1. The van der Waals surface area contributed by atoms with E-state index in [0.717, 1.165) is 29.0 Å². The van der Waals surface area contributed by atoms with Crippen molar-refractivity contribution < 1.29 is 24.2 Å². The third-order valence-corrected chi connectivity index (χ3v) is 5.11. The number of hydrogen-bond donors (Lipinski definition) is 2. The second-order valence-corrected chi connectivity index (χ2v) is 7.57. The van der Waals surface area contributed by atoms with Gasteiger partial charge < -0.3 is 24.8 Å². The Kier molecular flexibility index (Phi) is 5.77. The van der Waals surface area contributed by atoms with Gasteiger partial charge in [0.1, 0.15) is 17.6 Å². The minimum absolute atomic E-state index is 0.141. The number of likely N-dealkylation sites (tertiary alicyclic amines) is 1. The molecule has 3 rings (SSSR count). The summed E-state index contributed by atoms with van der Waals surface area (Å²) in [5.74, 6) is 0.410. The highest BCUT2D eigenvalue weighted by atomic mass is 16.5. The summed E-state index contributed by atoms with van der Waals surface area (Å²) in [6.45, 7) is 7.59. The van der Waals surface area contributed by atoms with Crippen LogP contribution in [0.4, 0.5) is 4.79 Å². The predicted molar refractivity (Wildman–Crippen MR) is 100 cm³/mol. The molecule has 0 radical (unpaired) electrons. The van der Waals surface area contributed by atoms with Crippen molar-refractivity contribution in [1.29, 1.82) is 0 Å². The van der Waals surface area contributed by atoms with Gasteiger partial charge in [-0.05, 0) is 38.3 Å². The van der Waals surface area contributed by atoms with Crippen LogP contribution in [0.3, 0.4) is 0 Å². The monoisotopic (exact) mass is 376 g/mol. The van der Waals surface area contributed by atoms with Crippen LogP contribution in [0.5, 0.6) is 11.5 Å². The van der Waals surface area contributed by atoms with Crippen molar-refractivity contribution >= 4 is 12.0 Å². The van der Waals surface area contributed by atoms with Crippen molar-refractivity contribution in [3.8, 4) is 11.5 Å². The van der Waals surface area contributed by atoms with E-state index < -0.39 is 11.9 Å². The molecule has 2 N–H and O–H groups in total. The van der Waals surface area contributed by atoms with Gasteiger partial charge in [-0.25, -0.2) is 4.79 Å². The maximum absolute atomic E-state index is 12.6. The number of piperidine rings is 1. The predicted octanol–water partition coefficient (Wildman–Crippen LogP) is 2.66. The number of carbonyl (C=O) groups excluding carboxylic acids is 1. The second-order valence-electron chi connectivity index (χ2n) is 7.57. The summed E-state index contributed by atoms with van der Waals surface area (Å²) in [6, 6.07) is 3.68. The van der Waals surface area contributed by atoms with Gasteiger partial charge in [-0.1, -0.05) is 6.92 Å². The molecule has 2 heterocycles. The lowest BCUT2D eigenvalue weighted by atomic mass is 9.91. The molecule has 1 aromatic carbocycles. The van der Waals surface area contributed by atoms with Gasteiger partial charge in [0.2, 0.25) is 0 Å². The number of nitrogens with one attached hydrogen (secondary N) is 1. The lowest BCUT2D eigenvalue weighted by Crippen LogP contribution is -2.49. The number of carboxylic acids is 1. The van der Waals surface area contributed by atoms with Gasteiger partial charge in [0, 0.05) is 37.2 Å². The standard InChI is InChI=1S/C20H28N2O5/c1-4-26-17-7-14-6-13(3)27-18(14)8-15(17)9-21-20(25)22-10-12(2)5-16(11-22)19(23)24/h7-8,12-13,16H,4-6,9-11H2,1-3H3,(H,21,25)(H,23,24). The summed E-state index contributed by atoms with van der Waals surface area (Å²) in [6.07, 6.45) is 1.60. The number of rotatable bonds is 5. The van der Waals surface area contributed by atoms with E-state index >= 15 is 0 Å². The first kappa shape index (κ1) is 19.3. The molecule has 27 heavy (non-hydrogen) atoms. The van der Waals surface area contributed by atoms with Crippen LogP contribution in [0, 0.1) is 11.8 Å². The topological polar surface area (TPSA) is 88.1 Å². The SMILES string of the molecule is CCOc1cc2c(cc1CNC(=O)N1CC(C)CC(C(=O)O)C1)OC(C)C2. The van der Waals surface area contributed by atoms with Crippen LogP contribution >= 0.6 is 0 Å². The first-order valence-corrected chi connectivity index (χ1v) is 9.58. The molecule has 0 aromatic heterocycles. The van der Waals surface area contributed by atoms with Crippen molar-refractivity contribution in [3.63, 3.8) is 0 Å². The number of urea groups is 1. The summed E-state index contributed by atoms with van der Waals surface area (Å²) in [7, 11) is 0. The van der Waals surface area contributed by atoms with E-state index in [1.165, 1.54) is 0 Å². The van der Waals surface area contributed by atoms with Gasteiger partial charge >= 0.3 is 12.0 Å². The van der Waals surface area contributed by atoms with Crippen LogP contribution in [0.25, 0.3) is 0 Å². The zero-order valence-corrected chi connectivity index (χ0v) is 16.2. The van der Waals surface area contributed by atoms with Crippen LogP contribution < -0.4 is 14.8 Å². The minimum Gasteiger partial charge on any atom is -0.494 e. The number of amides is 2. The van der Waals surface area contributed by atoms with Crippen LogP contribution in [0.1, 0.15) is 38.3 Å². The van der Waals surface area contributed by atoms with Crippen molar-refractivity contribution in [2.45, 2.75) is 46.3 Å². The Hall–Kier alpha value is -2.44. The highest BCUT2D eigenvalue weighted by molar-refractivity contribution is 5.76. The summed E-state index contributed by atoms with van der Waals surface area (Å²) in [4.78, 5) is 25.5. The van der Waals surface area contributed by atoms with Crippen molar-refractivity contribution in [2.24, 2.45) is 11.8 Å². The van der Waals surface area contributed by atoms with E-state index in [1.807, 2.05) is 32.9 Å². The van der Waals surface area contributed by atoms with Gasteiger partial charge in [-0.15, -0.1) is 0 Å².